The fraction of sp³-hybridized carbons (Fsp3) is 0.435. The van der Waals surface area contributed by atoms with Gasteiger partial charge in [-0.25, -0.2) is 8.42 Å². The van der Waals surface area contributed by atoms with Gasteiger partial charge >= 0.3 is 0 Å². The summed E-state index contributed by atoms with van der Waals surface area (Å²) in [7, 11) is -3.63. The highest BCUT2D eigenvalue weighted by Crippen LogP contribution is 2.25. The van der Waals surface area contributed by atoms with Gasteiger partial charge < -0.3 is 10.1 Å². The maximum Gasteiger partial charge on any atom is 0.243 e. The molecule has 0 bridgehead atoms. The third-order valence-corrected chi connectivity index (χ3v) is 6.13. The predicted octanol–water partition coefficient (Wildman–Crippen LogP) is 3.72. The van der Waals surface area contributed by atoms with E-state index in [1.165, 1.54) is 0 Å². The maximum atomic E-state index is 12.6. The molecule has 1 atom stereocenters. The molecule has 2 aromatic rings. The Balaban J connectivity index is 2.00. The number of carbonyl (C=O) groups excluding carboxylic acids is 1. The van der Waals surface area contributed by atoms with E-state index in [1.807, 2.05) is 43.3 Å². The molecule has 0 aliphatic heterocycles. The Morgan fingerprint density at radius 2 is 1.70 bits per heavy atom. The summed E-state index contributed by atoms with van der Waals surface area (Å²) in [4.78, 5) is 12.6. The number of hydrogen-bond donors (Lipinski definition) is 1. The first-order valence-electron chi connectivity index (χ1n) is 10.2. The topological polar surface area (TPSA) is 75.7 Å². The van der Waals surface area contributed by atoms with Crippen molar-refractivity contribution in [2.45, 2.75) is 46.1 Å². The van der Waals surface area contributed by atoms with Crippen LogP contribution < -0.4 is 14.4 Å². The summed E-state index contributed by atoms with van der Waals surface area (Å²) in [6, 6.07) is 14.1. The molecule has 0 unspecified atom stereocenters. The van der Waals surface area contributed by atoms with Gasteiger partial charge in [-0.3, -0.25) is 9.10 Å². The molecule has 2 aromatic carbocycles. The lowest BCUT2D eigenvalue weighted by Crippen LogP contribution is -2.48. The quantitative estimate of drug-likeness (QED) is 0.581. The molecule has 0 radical (unpaired) electrons. The summed E-state index contributed by atoms with van der Waals surface area (Å²) in [5.74, 6) is 0.752. The number of sulfonamides is 1. The van der Waals surface area contributed by atoms with Crippen molar-refractivity contribution in [1.29, 1.82) is 0 Å². The van der Waals surface area contributed by atoms with Crippen LogP contribution in [0.15, 0.2) is 48.5 Å². The Hall–Kier alpha value is -2.54. The van der Waals surface area contributed by atoms with Gasteiger partial charge in [-0.2, -0.15) is 0 Å². The van der Waals surface area contributed by atoms with E-state index >= 15 is 0 Å². The maximum absolute atomic E-state index is 12.6. The van der Waals surface area contributed by atoms with Crippen LogP contribution in [-0.4, -0.2) is 39.8 Å². The van der Waals surface area contributed by atoms with Gasteiger partial charge in [0.05, 0.1) is 18.5 Å². The molecule has 0 aliphatic carbocycles. The lowest BCUT2D eigenvalue weighted by atomic mass is 10.0. The number of carbonyl (C=O) groups is 1. The first-order chi connectivity index (χ1) is 14.1. The smallest absolute Gasteiger partial charge is 0.243 e. The van der Waals surface area contributed by atoms with E-state index in [9.17, 15) is 13.2 Å². The van der Waals surface area contributed by atoms with Crippen molar-refractivity contribution in [1.82, 2.24) is 5.32 Å². The zero-order chi connectivity index (χ0) is 22.3. The van der Waals surface area contributed by atoms with Crippen LogP contribution in [0.3, 0.4) is 0 Å². The first kappa shape index (κ1) is 23.7. The second-order valence-electron chi connectivity index (χ2n) is 7.59. The van der Waals surface area contributed by atoms with Gasteiger partial charge in [0, 0.05) is 0 Å². The van der Waals surface area contributed by atoms with E-state index in [4.69, 9.17) is 4.74 Å². The van der Waals surface area contributed by atoms with Crippen LogP contribution in [0.25, 0.3) is 0 Å². The normalized spacial score (nSPS) is 12.5. The summed E-state index contributed by atoms with van der Waals surface area (Å²) in [5, 5.41) is 2.78. The average molecular weight is 433 g/mol. The van der Waals surface area contributed by atoms with E-state index in [1.54, 1.807) is 19.1 Å². The number of aryl methyl sites for hydroxylation is 1. The van der Waals surface area contributed by atoms with Gasteiger partial charge in [0.2, 0.25) is 15.9 Å². The minimum Gasteiger partial charge on any atom is -0.491 e. The fourth-order valence-electron chi connectivity index (χ4n) is 3.26. The molecule has 0 saturated heterocycles. The van der Waals surface area contributed by atoms with Crippen molar-refractivity contribution in [3.63, 3.8) is 0 Å². The summed E-state index contributed by atoms with van der Waals surface area (Å²) < 4.78 is 31.7. The molecule has 0 saturated carbocycles. The van der Waals surface area contributed by atoms with Crippen LogP contribution in [0, 0.1) is 0 Å². The molecule has 30 heavy (non-hydrogen) atoms. The van der Waals surface area contributed by atoms with Crippen LogP contribution in [0.5, 0.6) is 5.75 Å². The van der Waals surface area contributed by atoms with E-state index in [2.05, 4.69) is 19.2 Å². The zero-order valence-electron chi connectivity index (χ0n) is 18.4. The minimum absolute atomic E-state index is 0.280. The van der Waals surface area contributed by atoms with Crippen LogP contribution in [-0.2, 0) is 21.2 Å². The van der Waals surface area contributed by atoms with Crippen LogP contribution >= 0.6 is 0 Å². The molecule has 0 aromatic heterocycles. The Morgan fingerprint density at radius 1 is 1.07 bits per heavy atom. The highest BCUT2D eigenvalue weighted by Gasteiger charge is 2.28. The molecule has 164 valence electrons. The van der Waals surface area contributed by atoms with Crippen molar-refractivity contribution >= 4 is 21.6 Å². The Morgan fingerprint density at radius 3 is 2.27 bits per heavy atom. The van der Waals surface area contributed by atoms with Crippen LogP contribution in [0.2, 0.25) is 0 Å². The highest BCUT2D eigenvalue weighted by atomic mass is 32.2. The third-order valence-electron chi connectivity index (χ3n) is 4.89. The lowest BCUT2D eigenvalue weighted by Gasteiger charge is -2.28. The van der Waals surface area contributed by atoms with E-state index in [-0.39, 0.29) is 12.5 Å². The molecule has 0 aliphatic rings. The molecule has 7 heteroatoms. The van der Waals surface area contributed by atoms with Crippen molar-refractivity contribution < 1.29 is 17.9 Å². The van der Waals surface area contributed by atoms with E-state index < -0.39 is 16.1 Å². The van der Waals surface area contributed by atoms with Crippen LogP contribution in [0.4, 0.5) is 5.69 Å². The molecule has 1 amide bonds. The molecule has 2 rings (SSSR count). The number of ether oxygens (including phenoxy) is 1. The number of benzene rings is 2. The van der Waals surface area contributed by atoms with E-state index in [0.717, 1.165) is 33.9 Å². The number of rotatable bonds is 10. The highest BCUT2D eigenvalue weighted by molar-refractivity contribution is 7.92. The van der Waals surface area contributed by atoms with Gasteiger partial charge in [-0.05, 0) is 48.6 Å². The van der Waals surface area contributed by atoms with Gasteiger partial charge in [0.1, 0.15) is 18.4 Å². The molecular formula is C23H32N2O4S. The lowest BCUT2D eigenvalue weighted by molar-refractivity contribution is -0.121. The summed E-state index contributed by atoms with van der Waals surface area (Å²) in [6.45, 7) is 8.38. The number of nitrogens with zero attached hydrogens (tertiary/aromatic N) is 1. The van der Waals surface area contributed by atoms with Crippen molar-refractivity contribution in [2.75, 3.05) is 23.7 Å². The monoisotopic (exact) mass is 432 g/mol. The largest absolute Gasteiger partial charge is 0.491 e. The summed E-state index contributed by atoms with van der Waals surface area (Å²) in [5.41, 5.74) is 2.68. The van der Waals surface area contributed by atoms with E-state index in [0.29, 0.717) is 18.2 Å². The van der Waals surface area contributed by atoms with Gasteiger partial charge in [0.25, 0.3) is 0 Å². The van der Waals surface area contributed by atoms with Crippen molar-refractivity contribution in [2.24, 2.45) is 0 Å². The number of hydrogen-bond acceptors (Lipinski definition) is 4. The second-order valence-corrected chi connectivity index (χ2v) is 9.45. The molecule has 1 N–H and O–H groups in total. The second kappa shape index (κ2) is 10.5. The zero-order valence-corrected chi connectivity index (χ0v) is 19.2. The number of nitrogens with one attached hydrogen (secondary N) is 1. The fourth-order valence-corrected chi connectivity index (χ4v) is 4.43. The first-order valence-corrected chi connectivity index (χ1v) is 12.1. The molecular weight excluding hydrogens is 400 g/mol. The Kier molecular flexibility index (Phi) is 8.29. The van der Waals surface area contributed by atoms with Crippen LogP contribution in [0.1, 0.15) is 44.7 Å². The van der Waals surface area contributed by atoms with Gasteiger partial charge in [-0.15, -0.1) is 0 Å². The number of amides is 1. The van der Waals surface area contributed by atoms with Crippen molar-refractivity contribution in [3.8, 4) is 5.75 Å². The predicted molar refractivity (Wildman–Crippen MR) is 122 cm³/mol. The minimum atomic E-state index is -3.63. The van der Waals surface area contributed by atoms with Gasteiger partial charge in [0.15, 0.2) is 0 Å². The standard InChI is InChI=1S/C23H32N2O4S/c1-6-19-11-13-20(14-12-19)25(30(5,27)28)18(4)23(26)24-15-16-29-22-10-8-7-9-21(22)17(2)3/h7-14,17-18H,6,15-16H2,1-5H3,(H,24,26)/t18-/m0/s1. The molecule has 6 nitrogen and oxygen atoms in total. The summed E-state index contributed by atoms with van der Waals surface area (Å²) in [6.07, 6.45) is 1.96. The van der Waals surface area contributed by atoms with Gasteiger partial charge in [-0.1, -0.05) is 51.1 Å². The number of para-hydroxylation sites is 1. The average Bonchev–Trinajstić information content (AvgIpc) is 2.70. The number of anilines is 1. The Bertz CT molecular complexity index is 940. The molecule has 0 fully saturated rings. The molecule has 0 heterocycles. The third kappa shape index (κ3) is 6.23. The Labute approximate surface area is 180 Å². The molecule has 0 spiro atoms. The SMILES string of the molecule is CCc1ccc(N([C@@H](C)C(=O)NCCOc2ccccc2C(C)C)S(C)(=O)=O)cc1. The van der Waals surface area contributed by atoms with Crippen molar-refractivity contribution in [3.05, 3.63) is 59.7 Å². The summed E-state index contributed by atoms with van der Waals surface area (Å²) >= 11 is 0.